The fourth-order valence-electron chi connectivity index (χ4n) is 2.46. The topological polar surface area (TPSA) is 69.6 Å². The van der Waals surface area contributed by atoms with Crippen molar-refractivity contribution >= 4 is 21.9 Å². The zero-order valence-electron chi connectivity index (χ0n) is 13.2. The normalized spacial score (nSPS) is 18.7. The summed E-state index contributed by atoms with van der Waals surface area (Å²) < 4.78 is 17.5. The lowest BCUT2D eigenvalue weighted by atomic mass is 10.1. The summed E-state index contributed by atoms with van der Waals surface area (Å²) in [6.45, 7) is 4.70. The standard InChI is InChI=1S/C15H19BrN4O3/c1-10-17-14(20-6-8-22-9-7-20)19-15(18-10)23-13-11(16)4-3-5-12(13)21-2/h4H,3,5-9H2,1-2H3. The largest absolute Gasteiger partial charge is 0.497 e. The first kappa shape index (κ1) is 16.2. The smallest absolute Gasteiger partial charge is 0.327 e. The lowest BCUT2D eigenvalue weighted by molar-refractivity contribution is 0.122. The number of ether oxygens (including phenoxy) is 3. The number of hydrogen-bond acceptors (Lipinski definition) is 7. The Morgan fingerprint density at radius 1 is 1.22 bits per heavy atom. The molecule has 1 aromatic heterocycles. The number of allylic oxidation sites excluding steroid dienone is 3. The highest BCUT2D eigenvalue weighted by Gasteiger charge is 2.21. The van der Waals surface area contributed by atoms with Gasteiger partial charge in [0.2, 0.25) is 5.95 Å². The number of hydrogen-bond donors (Lipinski definition) is 0. The van der Waals surface area contributed by atoms with Crippen LogP contribution in [0.3, 0.4) is 0 Å². The molecule has 1 fully saturated rings. The van der Waals surface area contributed by atoms with Crippen molar-refractivity contribution in [3.05, 3.63) is 27.9 Å². The number of nitrogens with zero attached hydrogens (tertiary/aromatic N) is 4. The summed E-state index contributed by atoms with van der Waals surface area (Å²) in [5.41, 5.74) is 0. The van der Waals surface area contributed by atoms with Crippen LogP contribution >= 0.6 is 15.9 Å². The summed E-state index contributed by atoms with van der Waals surface area (Å²) in [4.78, 5) is 15.2. The van der Waals surface area contributed by atoms with Crippen LogP contribution in [0.4, 0.5) is 5.95 Å². The van der Waals surface area contributed by atoms with Crippen molar-refractivity contribution in [3.8, 4) is 6.01 Å². The first-order valence-corrected chi connectivity index (χ1v) is 8.33. The Morgan fingerprint density at radius 3 is 2.74 bits per heavy atom. The molecule has 0 aromatic carbocycles. The van der Waals surface area contributed by atoms with Gasteiger partial charge in [-0.25, -0.2) is 0 Å². The van der Waals surface area contributed by atoms with E-state index in [4.69, 9.17) is 14.2 Å². The number of aromatic nitrogens is 3. The van der Waals surface area contributed by atoms with Gasteiger partial charge in [-0.1, -0.05) is 6.08 Å². The predicted octanol–water partition coefficient (Wildman–Crippen LogP) is 2.33. The van der Waals surface area contributed by atoms with E-state index < -0.39 is 0 Å². The molecule has 1 aromatic rings. The maximum atomic E-state index is 5.90. The highest BCUT2D eigenvalue weighted by atomic mass is 79.9. The fourth-order valence-corrected chi connectivity index (χ4v) is 2.99. The lowest BCUT2D eigenvalue weighted by Gasteiger charge is -2.27. The van der Waals surface area contributed by atoms with E-state index in [1.54, 1.807) is 7.11 Å². The molecule has 8 heteroatoms. The fraction of sp³-hybridized carbons (Fsp3) is 0.533. The van der Waals surface area contributed by atoms with Crippen LogP contribution in [0.1, 0.15) is 18.7 Å². The van der Waals surface area contributed by atoms with Gasteiger partial charge in [0.25, 0.3) is 0 Å². The molecule has 1 saturated heterocycles. The average Bonchev–Trinajstić information content (AvgIpc) is 2.57. The van der Waals surface area contributed by atoms with Crippen LogP contribution in [-0.4, -0.2) is 48.4 Å². The third-order valence-electron chi connectivity index (χ3n) is 3.61. The van der Waals surface area contributed by atoms with Gasteiger partial charge in [0.15, 0.2) is 5.76 Å². The van der Waals surface area contributed by atoms with Crippen LogP contribution in [0.5, 0.6) is 6.01 Å². The van der Waals surface area contributed by atoms with Gasteiger partial charge in [-0.2, -0.15) is 15.0 Å². The maximum Gasteiger partial charge on any atom is 0.327 e. The molecule has 0 unspecified atom stereocenters. The number of rotatable bonds is 4. The Balaban J connectivity index is 1.86. The number of anilines is 1. The molecular formula is C15H19BrN4O3. The Bertz CT molecular complexity index is 642. The predicted molar refractivity (Wildman–Crippen MR) is 88.5 cm³/mol. The Kier molecular flexibility index (Phi) is 5.12. The second-order valence-electron chi connectivity index (χ2n) is 5.21. The molecule has 0 radical (unpaired) electrons. The van der Waals surface area contributed by atoms with Crippen molar-refractivity contribution in [1.29, 1.82) is 0 Å². The number of morpholine rings is 1. The molecule has 0 amide bonds. The quantitative estimate of drug-likeness (QED) is 0.791. The highest BCUT2D eigenvalue weighted by Crippen LogP contribution is 2.31. The van der Waals surface area contributed by atoms with Crippen LogP contribution in [0.2, 0.25) is 0 Å². The van der Waals surface area contributed by atoms with Gasteiger partial charge < -0.3 is 19.1 Å². The van der Waals surface area contributed by atoms with E-state index in [2.05, 4.69) is 41.9 Å². The molecule has 0 N–H and O–H groups in total. The summed E-state index contributed by atoms with van der Waals surface area (Å²) in [5.74, 6) is 2.64. The molecule has 0 bridgehead atoms. The van der Waals surface area contributed by atoms with Gasteiger partial charge in [-0.15, -0.1) is 0 Å². The summed E-state index contributed by atoms with van der Waals surface area (Å²) in [5, 5.41) is 0. The summed E-state index contributed by atoms with van der Waals surface area (Å²) in [6.07, 6.45) is 3.75. The van der Waals surface area contributed by atoms with Gasteiger partial charge in [0.05, 0.1) is 24.8 Å². The van der Waals surface area contributed by atoms with Gasteiger partial charge in [-0.3, -0.25) is 0 Å². The third kappa shape index (κ3) is 3.81. The average molecular weight is 383 g/mol. The van der Waals surface area contributed by atoms with Crippen molar-refractivity contribution in [1.82, 2.24) is 15.0 Å². The minimum atomic E-state index is 0.274. The molecule has 0 spiro atoms. The monoisotopic (exact) mass is 382 g/mol. The molecule has 124 valence electrons. The van der Waals surface area contributed by atoms with Crippen LogP contribution in [0.25, 0.3) is 0 Å². The molecule has 0 saturated carbocycles. The van der Waals surface area contributed by atoms with Crippen molar-refractivity contribution in [2.75, 3.05) is 38.3 Å². The minimum absolute atomic E-state index is 0.274. The molecule has 2 heterocycles. The summed E-state index contributed by atoms with van der Waals surface area (Å²) in [6, 6.07) is 0.274. The van der Waals surface area contributed by atoms with Gasteiger partial charge in [-0.05, 0) is 29.3 Å². The number of aryl methyl sites for hydroxylation is 1. The number of halogens is 1. The first-order valence-electron chi connectivity index (χ1n) is 7.54. The van der Waals surface area contributed by atoms with Gasteiger partial charge in [0.1, 0.15) is 11.6 Å². The third-order valence-corrected chi connectivity index (χ3v) is 4.30. The van der Waals surface area contributed by atoms with E-state index in [0.29, 0.717) is 30.7 Å². The highest BCUT2D eigenvalue weighted by molar-refractivity contribution is 9.11. The van der Waals surface area contributed by atoms with E-state index >= 15 is 0 Å². The SMILES string of the molecule is COC1=C(Oc2nc(C)nc(N3CCOCC3)n2)C(Br)=CCC1. The zero-order chi connectivity index (χ0) is 16.2. The Morgan fingerprint density at radius 2 is 2.00 bits per heavy atom. The van der Waals surface area contributed by atoms with E-state index in [1.165, 1.54) is 0 Å². The van der Waals surface area contributed by atoms with Crippen molar-refractivity contribution in [2.24, 2.45) is 0 Å². The zero-order valence-corrected chi connectivity index (χ0v) is 14.8. The minimum Gasteiger partial charge on any atom is -0.497 e. The van der Waals surface area contributed by atoms with Gasteiger partial charge >= 0.3 is 6.01 Å². The molecule has 0 atom stereocenters. The van der Waals surface area contributed by atoms with Gasteiger partial charge in [0, 0.05) is 19.5 Å². The molecule has 1 aliphatic heterocycles. The molecule has 23 heavy (non-hydrogen) atoms. The molecule has 1 aliphatic carbocycles. The van der Waals surface area contributed by atoms with Crippen molar-refractivity contribution in [2.45, 2.75) is 19.8 Å². The molecule has 2 aliphatic rings. The van der Waals surface area contributed by atoms with E-state index in [1.807, 2.05) is 6.92 Å². The lowest BCUT2D eigenvalue weighted by Crippen LogP contribution is -2.37. The maximum absolute atomic E-state index is 5.90. The number of methoxy groups -OCH3 is 1. The van der Waals surface area contributed by atoms with Crippen molar-refractivity contribution in [3.63, 3.8) is 0 Å². The van der Waals surface area contributed by atoms with Crippen molar-refractivity contribution < 1.29 is 14.2 Å². The Labute approximate surface area is 143 Å². The first-order chi connectivity index (χ1) is 11.2. The summed E-state index contributed by atoms with van der Waals surface area (Å²) in [7, 11) is 1.64. The summed E-state index contributed by atoms with van der Waals surface area (Å²) >= 11 is 3.51. The molecule has 3 rings (SSSR count). The second-order valence-corrected chi connectivity index (χ2v) is 6.07. The second kappa shape index (κ2) is 7.27. The van der Waals surface area contributed by atoms with E-state index in [-0.39, 0.29) is 6.01 Å². The van der Waals surface area contributed by atoms with E-state index in [9.17, 15) is 0 Å². The van der Waals surface area contributed by atoms with Crippen LogP contribution < -0.4 is 9.64 Å². The Hall–Kier alpha value is -1.67. The van der Waals surface area contributed by atoms with Crippen LogP contribution in [0, 0.1) is 6.92 Å². The molecular weight excluding hydrogens is 364 g/mol. The van der Waals surface area contributed by atoms with Crippen LogP contribution in [0.15, 0.2) is 22.1 Å². The van der Waals surface area contributed by atoms with E-state index in [0.717, 1.165) is 36.2 Å². The molecule has 7 nitrogen and oxygen atoms in total. The van der Waals surface area contributed by atoms with Crippen LogP contribution in [-0.2, 0) is 9.47 Å².